The van der Waals surface area contributed by atoms with Crippen LogP contribution < -0.4 is 0 Å². The quantitative estimate of drug-likeness (QED) is 0.780. The second kappa shape index (κ2) is 8.87. The molecule has 0 spiro atoms. The molecule has 2 aliphatic rings. The Morgan fingerprint density at radius 2 is 1.67 bits per heavy atom. The van der Waals surface area contributed by atoms with E-state index in [1.165, 1.54) is 16.5 Å². The number of amides is 1. The van der Waals surface area contributed by atoms with E-state index >= 15 is 0 Å². The third kappa shape index (κ3) is 4.51. The second-order valence-electron chi connectivity index (χ2n) is 7.36. The Labute approximate surface area is 160 Å². The third-order valence-electron chi connectivity index (χ3n) is 5.53. The lowest BCUT2D eigenvalue weighted by Gasteiger charge is -2.27. The molecule has 0 unspecified atom stereocenters. The topological polar surface area (TPSA) is 46.9 Å². The molecule has 0 N–H and O–H groups in total. The van der Waals surface area contributed by atoms with Crippen molar-refractivity contribution in [1.82, 2.24) is 14.4 Å². The summed E-state index contributed by atoms with van der Waals surface area (Å²) in [7, 11) is 0. The Morgan fingerprint density at radius 3 is 2.44 bits per heavy atom. The van der Waals surface area contributed by atoms with Crippen molar-refractivity contribution in [1.29, 1.82) is 0 Å². The highest BCUT2D eigenvalue weighted by atomic mass is 16.5. The number of carbonyl (C=O) groups excluding carboxylic acids is 1. The van der Waals surface area contributed by atoms with Gasteiger partial charge in [0.2, 0.25) is 5.91 Å². The molecule has 4 rings (SSSR count). The number of aryl methyl sites for hydroxylation is 1. The molecule has 1 aromatic heterocycles. The molecule has 27 heavy (non-hydrogen) atoms. The lowest BCUT2D eigenvalue weighted by molar-refractivity contribution is -0.135. The van der Waals surface area contributed by atoms with Gasteiger partial charge in [0.05, 0.1) is 33.1 Å². The number of aromatic nitrogens is 1. The Kier molecular flexibility index (Phi) is 6.07. The predicted molar refractivity (Wildman–Crippen MR) is 105 cm³/mol. The number of fused-ring (bicyclic) bond motifs is 1. The van der Waals surface area contributed by atoms with Crippen LogP contribution in [0.1, 0.15) is 18.4 Å². The summed E-state index contributed by atoms with van der Waals surface area (Å²) in [5.74, 6) is 0.260. The van der Waals surface area contributed by atoms with Crippen molar-refractivity contribution in [3.05, 3.63) is 36.0 Å². The van der Waals surface area contributed by atoms with Crippen LogP contribution in [0.25, 0.3) is 10.9 Å². The molecule has 2 saturated heterocycles. The van der Waals surface area contributed by atoms with Crippen LogP contribution >= 0.6 is 0 Å². The monoisotopic (exact) mass is 371 g/mol. The number of para-hydroxylation sites is 1. The van der Waals surface area contributed by atoms with Crippen LogP contribution in [0.4, 0.5) is 0 Å². The van der Waals surface area contributed by atoms with Crippen LogP contribution in [0, 0.1) is 0 Å². The first-order valence-electron chi connectivity index (χ1n) is 10.0. The molecule has 0 aliphatic carbocycles. The van der Waals surface area contributed by atoms with Crippen LogP contribution in [0.3, 0.4) is 0 Å². The number of carbonyl (C=O) groups is 1. The van der Waals surface area contributed by atoms with Gasteiger partial charge < -0.3 is 18.9 Å². The minimum absolute atomic E-state index is 0.260. The summed E-state index contributed by atoms with van der Waals surface area (Å²) >= 11 is 0. The van der Waals surface area contributed by atoms with Crippen molar-refractivity contribution < 1.29 is 14.3 Å². The van der Waals surface area contributed by atoms with Crippen molar-refractivity contribution in [2.24, 2.45) is 0 Å². The minimum atomic E-state index is 0.260. The Balaban J connectivity index is 1.39. The van der Waals surface area contributed by atoms with E-state index in [1.807, 2.05) is 4.90 Å². The Hall–Kier alpha value is -1.89. The lowest BCUT2D eigenvalue weighted by atomic mass is 10.1. The van der Waals surface area contributed by atoms with Gasteiger partial charge in [0.1, 0.15) is 0 Å². The second-order valence-corrected chi connectivity index (χ2v) is 7.36. The van der Waals surface area contributed by atoms with Crippen LogP contribution in [0.2, 0.25) is 0 Å². The first-order chi connectivity index (χ1) is 13.3. The van der Waals surface area contributed by atoms with Gasteiger partial charge in [-0.15, -0.1) is 0 Å². The maximum Gasteiger partial charge on any atom is 0.222 e. The van der Waals surface area contributed by atoms with Crippen molar-refractivity contribution in [3.8, 4) is 0 Å². The van der Waals surface area contributed by atoms with E-state index in [4.69, 9.17) is 9.47 Å². The van der Waals surface area contributed by atoms with E-state index in [1.54, 1.807) is 0 Å². The molecule has 0 atom stereocenters. The first-order valence-corrected chi connectivity index (χ1v) is 10.0. The van der Waals surface area contributed by atoms with E-state index in [0.29, 0.717) is 19.6 Å². The molecule has 1 amide bonds. The molecule has 2 aliphatic heterocycles. The van der Waals surface area contributed by atoms with Gasteiger partial charge in [0, 0.05) is 49.7 Å². The lowest BCUT2D eigenvalue weighted by Crippen LogP contribution is -2.40. The summed E-state index contributed by atoms with van der Waals surface area (Å²) in [5.41, 5.74) is 2.62. The summed E-state index contributed by atoms with van der Waals surface area (Å²) in [6.07, 6.45) is 4.72. The van der Waals surface area contributed by atoms with E-state index < -0.39 is 0 Å². The van der Waals surface area contributed by atoms with Crippen molar-refractivity contribution in [2.75, 3.05) is 52.6 Å². The number of ether oxygens (including phenoxy) is 2. The fraction of sp³-hybridized carbons (Fsp3) is 0.571. The molecule has 2 aromatic rings. The van der Waals surface area contributed by atoms with E-state index in [2.05, 4.69) is 39.9 Å². The van der Waals surface area contributed by atoms with Gasteiger partial charge in [0.25, 0.3) is 0 Å². The maximum absolute atomic E-state index is 12.4. The minimum Gasteiger partial charge on any atom is -0.379 e. The average Bonchev–Trinajstić information content (AvgIpc) is 3.07. The molecule has 146 valence electrons. The Bertz CT molecular complexity index is 761. The zero-order valence-corrected chi connectivity index (χ0v) is 15.9. The number of morpholine rings is 2. The number of benzene rings is 1. The third-order valence-corrected chi connectivity index (χ3v) is 5.53. The highest BCUT2D eigenvalue weighted by Gasteiger charge is 2.17. The molecule has 6 nitrogen and oxygen atoms in total. The SMILES string of the molecule is O=C(CCCc1cn(CN2CCOCC2)c2ccccc12)N1CCOCC1. The van der Waals surface area contributed by atoms with E-state index in [9.17, 15) is 4.79 Å². The fourth-order valence-corrected chi connectivity index (χ4v) is 4.00. The first kappa shape index (κ1) is 18.5. The number of hydrogen-bond donors (Lipinski definition) is 0. The fourth-order valence-electron chi connectivity index (χ4n) is 4.00. The molecule has 3 heterocycles. The van der Waals surface area contributed by atoms with Crippen molar-refractivity contribution in [3.63, 3.8) is 0 Å². The van der Waals surface area contributed by atoms with Gasteiger partial charge in [-0.3, -0.25) is 9.69 Å². The molecule has 2 fully saturated rings. The van der Waals surface area contributed by atoms with Crippen LogP contribution in [-0.4, -0.2) is 72.9 Å². The highest BCUT2D eigenvalue weighted by molar-refractivity contribution is 5.84. The summed E-state index contributed by atoms with van der Waals surface area (Å²) in [4.78, 5) is 16.7. The summed E-state index contributed by atoms with van der Waals surface area (Å²) in [6, 6.07) is 8.59. The smallest absolute Gasteiger partial charge is 0.222 e. The molecule has 0 radical (unpaired) electrons. The van der Waals surface area contributed by atoms with Crippen molar-refractivity contribution >= 4 is 16.8 Å². The van der Waals surface area contributed by atoms with E-state index in [0.717, 1.165) is 58.9 Å². The molecule has 0 saturated carbocycles. The number of rotatable bonds is 6. The number of nitrogens with zero attached hydrogens (tertiary/aromatic N) is 3. The summed E-state index contributed by atoms with van der Waals surface area (Å²) in [6.45, 7) is 7.30. The van der Waals surface area contributed by atoms with E-state index in [-0.39, 0.29) is 5.91 Å². The van der Waals surface area contributed by atoms with Crippen LogP contribution in [0.15, 0.2) is 30.5 Å². The van der Waals surface area contributed by atoms with Gasteiger partial charge in [-0.1, -0.05) is 18.2 Å². The summed E-state index contributed by atoms with van der Waals surface area (Å²) < 4.78 is 13.1. The van der Waals surface area contributed by atoms with Gasteiger partial charge in [-0.2, -0.15) is 0 Å². The van der Waals surface area contributed by atoms with Gasteiger partial charge in [0.15, 0.2) is 0 Å². The molecule has 0 bridgehead atoms. The van der Waals surface area contributed by atoms with Gasteiger partial charge >= 0.3 is 0 Å². The average molecular weight is 371 g/mol. The highest BCUT2D eigenvalue weighted by Crippen LogP contribution is 2.23. The maximum atomic E-state index is 12.4. The summed E-state index contributed by atoms with van der Waals surface area (Å²) in [5, 5.41) is 1.31. The van der Waals surface area contributed by atoms with Gasteiger partial charge in [-0.25, -0.2) is 0 Å². The number of hydrogen-bond acceptors (Lipinski definition) is 4. The normalized spacial score (nSPS) is 18.9. The largest absolute Gasteiger partial charge is 0.379 e. The van der Waals surface area contributed by atoms with Crippen LogP contribution in [-0.2, 0) is 27.4 Å². The molecular weight excluding hydrogens is 342 g/mol. The zero-order chi connectivity index (χ0) is 18.5. The van der Waals surface area contributed by atoms with Crippen LogP contribution in [0.5, 0.6) is 0 Å². The molecule has 1 aromatic carbocycles. The van der Waals surface area contributed by atoms with Crippen molar-refractivity contribution in [2.45, 2.75) is 25.9 Å². The zero-order valence-electron chi connectivity index (χ0n) is 15.9. The predicted octanol–water partition coefficient (Wildman–Crippen LogP) is 2.11. The molecule has 6 heteroatoms. The Morgan fingerprint density at radius 1 is 0.963 bits per heavy atom. The standard InChI is InChI=1S/C21H29N3O3/c25-21(23-10-14-27-15-11-23)7-3-4-18-16-24(17-22-8-12-26-13-9-22)20-6-2-1-5-19(18)20/h1-2,5-6,16H,3-4,7-15,17H2. The van der Waals surface area contributed by atoms with Gasteiger partial charge in [-0.05, 0) is 24.5 Å². The molecular formula is C21H29N3O3.